The van der Waals surface area contributed by atoms with Crippen LogP contribution in [0.2, 0.25) is 0 Å². The predicted molar refractivity (Wildman–Crippen MR) is 105 cm³/mol. The first kappa shape index (κ1) is 18.7. The quantitative estimate of drug-likeness (QED) is 0.681. The molecule has 5 nitrogen and oxygen atoms in total. The van der Waals surface area contributed by atoms with Gasteiger partial charge in [-0.1, -0.05) is 30.3 Å². The number of carbonyl (C=O) groups excluding carboxylic acids is 1. The highest BCUT2D eigenvalue weighted by Crippen LogP contribution is 2.30. The van der Waals surface area contributed by atoms with Crippen molar-refractivity contribution >= 4 is 16.9 Å². The number of nitrogens with one attached hydrogen (secondary N) is 1. The average molecular weight is 365 g/mol. The van der Waals surface area contributed by atoms with E-state index < -0.39 is 5.63 Å². The van der Waals surface area contributed by atoms with Gasteiger partial charge in [0.1, 0.15) is 11.3 Å². The molecule has 1 N–H and O–H groups in total. The van der Waals surface area contributed by atoms with Crippen molar-refractivity contribution in [3.05, 3.63) is 75.1 Å². The zero-order valence-electron chi connectivity index (χ0n) is 15.8. The monoisotopic (exact) mass is 365 g/mol. The van der Waals surface area contributed by atoms with Gasteiger partial charge in [0.25, 0.3) is 0 Å². The molecule has 0 spiro atoms. The van der Waals surface area contributed by atoms with Gasteiger partial charge in [-0.3, -0.25) is 4.79 Å². The van der Waals surface area contributed by atoms with Crippen molar-refractivity contribution < 1.29 is 13.9 Å². The Labute approximate surface area is 158 Å². The van der Waals surface area contributed by atoms with Crippen LogP contribution in [0, 0.1) is 13.8 Å². The second-order valence-corrected chi connectivity index (χ2v) is 6.60. The van der Waals surface area contributed by atoms with E-state index in [1.165, 1.54) is 0 Å². The number of amides is 1. The van der Waals surface area contributed by atoms with E-state index in [2.05, 4.69) is 5.32 Å². The first-order chi connectivity index (χ1) is 13.0. The normalized spacial score (nSPS) is 10.8. The molecule has 0 unspecified atom stereocenters. The van der Waals surface area contributed by atoms with Gasteiger partial charge >= 0.3 is 5.63 Å². The molecule has 140 valence electrons. The molecule has 1 aromatic heterocycles. The van der Waals surface area contributed by atoms with E-state index >= 15 is 0 Å². The van der Waals surface area contributed by atoms with Crippen molar-refractivity contribution in [2.45, 2.75) is 26.7 Å². The third kappa shape index (κ3) is 4.19. The van der Waals surface area contributed by atoms with Crippen LogP contribution in [-0.2, 0) is 17.6 Å². The average Bonchev–Trinajstić information content (AvgIpc) is 2.65. The number of aryl methyl sites for hydroxylation is 2. The highest BCUT2D eigenvalue weighted by molar-refractivity contribution is 5.89. The van der Waals surface area contributed by atoms with Crippen molar-refractivity contribution in [3.63, 3.8) is 0 Å². The minimum atomic E-state index is -0.481. The van der Waals surface area contributed by atoms with E-state index in [9.17, 15) is 9.59 Å². The molecular formula is C22H23NO4. The Morgan fingerprint density at radius 2 is 1.89 bits per heavy atom. The van der Waals surface area contributed by atoms with Crippen LogP contribution in [0.1, 0.15) is 22.3 Å². The molecule has 3 rings (SSSR count). The number of carbonyl (C=O) groups is 1. The lowest BCUT2D eigenvalue weighted by Crippen LogP contribution is -2.29. The zero-order chi connectivity index (χ0) is 19.4. The largest absolute Gasteiger partial charge is 0.496 e. The fraction of sp³-hybridized carbons (Fsp3) is 0.273. The van der Waals surface area contributed by atoms with Crippen LogP contribution >= 0.6 is 0 Å². The summed E-state index contributed by atoms with van der Waals surface area (Å²) in [4.78, 5) is 24.7. The molecular weight excluding hydrogens is 342 g/mol. The first-order valence-electron chi connectivity index (χ1n) is 8.91. The molecule has 27 heavy (non-hydrogen) atoms. The minimum Gasteiger partial charge on any atom is -0.496 e. The molecule has 0 fully saturated rings. The SMILES string of the molecule is COc1cc(C)cc2oc(=O)c(CC(=O)NCCc3ccccc3)c(C)c12. The maximum Gasteiger partial charge on any atom is 0.340 e. The summed E-state index contributed by atoms with van der Waals surface area (Å²) in [6.45, 7) is 4.25. The Hall–Kier alpha value is -3.08. The number of benzene rings is 2. The van der Waals surface area contributed by atoms with Gasteiger partial charge in [0.05, 0.1) is 24.5 Å². The predicted octanol–water partition coefficient (Wildman–Crippen LogP) is 3.32. The fourth-order valence-corrected chi connectivity index (χ4v) is 3.22. The molecule has 2 aromatic carbocycles. The van der Waals surface area contributed by atoms with Crippen molar-refractivity contribution in [3.8, 4) is 5.75 Å². The van der Waals surface area contributed by atoms with Crippen LogP contribution in [0.3, 0.4) is 0 Å². The second kappa shape index (κ2) is 8.08. The number of fused-ring (bicyclic) bond motifs is 1. The summed E-state index contributed by atoms with van der Waals surface area (Å²) in [5.41, 5.74) is 3.17. The fourth-order valence-electron chi connectivity index (χ4n) is 3.22. The van der Waals surface area contributed by atoms with E-state index in [0.717, 1.165) is 28.5 Å². The molecule has 1 heterocycles. The molecule has 0 radical (unpaired) electrons. The number of hydrogen-bond donors (Lipinski definition) is 1. The highest BCUT2D eigenvalue weighted by Gasteiger charge is 2.17. The maximum absolute atomic E-state index is 12.4. The Bertz CT molecular complexity index is 1020. The van der Waals surface area contributed by atoms with Crippen LogP contribution < -0.4 is 15.7 Å². The van der Waals surface area contributed by atoms with E-state index in [1.807, 2.05) is 50.2 Å². The van der Waals surface area contributed by atoms with Gasteiger partial charge in [0, 0.05) is 6.54 Å². The summed E-state index contributed by atoms with van der Waals surface area (Å²) in [7, 11) is 1.58. The summed E-state index contributed by atoms with van der Waals surface area (Å²) in [5, 5.41) is 3.60. The molecule has 0 saturated heterocycles. The third-order valence-electron chi connectivity index (χ3n) is 4.62. The topological polar surface area (TPSA) is 68.5 Å². The van der Waals surface area contributed by atoms with E-state index in [1.54, 1.807) is 13.2 Å². The summed E-state index contributed by atoms with van der Waals surface area (Å²) < 4.78 is 10.9. The van der Waals surface area contributed by atoms with E-state index in [-0.39, 0.29) is 12.3 Å². The van der Waals surface area contributed by atoms with Gasteiger partial charge in [0.15, 0.2) is 0 Å². The number of rotatable bonds is 6. The van der Waals surface area contributed by atoms with Crippen molar-refractivity contribution in [2.24, 2.45) is 0 Å². The number of ether oxygens (including phenoxy) is 1. The van der Waals surface area contributed by atoms with Crippen molar-refractivity contribution in [2.75, 3.05) is 13.7 Å². The van der Waals surface area contributed by atoms with Crippen LogP contribution in [0.25, 0.3) is 11.0 Å². The summed E-state index contributed by atoms with van der Waals surface area (Å²) >= 11 is 0. The summed E-state index contributed by atoms with van der Waals surface area (Å²) in [5.74, 6) is 0.434. The Balaban J connectivity index is 1.79. The van der Waals surface area contributed by atoms with Gasteiger partial charge in [-0.15, -0.1) is 0 Å². The van der Waals surface area contributed by atoms with Gasteiger partial charge in [-0.2, -0.15) is 0 Å². The van der Waals surface area contributed by atoms with E-state index in [4.69, 9.17) is 9.15 Å². The Morgan fingerprint density at radius 3 is 2.59 bits per heavy atom. The number of methoxy groups -OCH3 is 1. The van der Waals surface area contributed by atoms with Gasteiger partial charge in [-0.05, 0) is 49.1 Å². The third-order valence-corrected chi connectivity index (χ3v) is 4.62. The molecule has 0 bridgehead atoms. The van der Waals surface area contributed by atoms with Gasteiger partial charge < -0.3 is 14.5 Å². The maximum atomic E-state index is 12.4. The molecule has 0 aliphatic carbocycles. The van der Waals surface area contributed by atoms with Crippen LogP contribution in [0.4, 0.5) is 0 Å². The smallest absolute Gasteiger partial charge is 0.340 e. The molecule has 0 aliphatic rings. The highest BCUT2D eigenvalue weighted by atomic mass is 16.5. The molecule has 3 aromatic rings. The molecule has 0 aliphatic heterocycles. The lowest BCUT2D eigenvalue weighted by atomic mass is 10.0. The lowest BCUT2D eigenvalue weighted by Gasteiger charge is -2.12. The van der Waals surface area contributed by atoms with Crippen molar-refractivity contribution in [1.29, 1.82) is 0 Å². The zero-order valence-corrected chi connectivity index (χ0v) is 15.8. The molecule has 5 heteroatoms. The van der Waals surface area contributed by atoms with Crippen LogP contribution in [0.5, 0.6) is 5.75 Å². The van der Waals surface area contributed by atoms with Gasteiger partial charge in [-0.25, -0.2) is 4.79 Å². The number of hydrogen-bond acceptors (Lipinski definition) is 4. The summed E-state index contributed by atoms with van der Waals surface area (Å²) in [6, 6.07) is 13.6. The molecule has 0 atom stereocenters. The van der Waals surface area contributed by atoms with E-state index in [0.29, 0.717) is 23.4 Å². The Morgan fingerprint density at radius 1 is 1.15 bits per heavy atom. The standard InChI is InChI=1S/C22H23NO4/c1-14-11-18(26-3)21-15(2)17(22(25)27-19(21)12-14)13-20(24)23-10-9-16-7-5-4-6-8-16/h4-8,11-12H,9-10,13H2,1-3H3,(H,23,24). The van der Waals surface area contributed by atoms with Crippen molar-refractivity contribution in [1.82, 2.24) is 5.32 Å². The van der Waals surface area contributed by atoms with Crippen LogP contribution in [-0.4, -0.2) is 19.6 Å². The molecule has 1 amide bonds. The first-order valence-corrected chi connectivity index (χ1v) is 8.91. The summed E-state index contributed by atoms with van der Waals surface area (Å²) in [6.07, 6.45) is 0.723. The molecule has 0 saturated carbocycles. The lowest BCUT2D eigenvalue weighted by molar-refractivity contribution is -0.120. The van der Waals surface area contributed by atoms with Crippen LogP contribution in [0.15, 0.2) is 51.7 Å². The van der Waals surface area contributed by atoms with Gasteiger partial charge in [0.2, 0.25) is 5.91 Å². The Kier molecular flexibility index (Phi) is 5.60. The minimum absolute atomic E-state index is 0.0179. The second-order valence-electron chi connectivity index (χ2n) is 6.60.